The summed E-state index contributed by atoms with van der Waals surface area (Å²) in [7, 11) is 0. The summed E-state index contributed by atoms with van der Waals surface area (Å²) in [6.45, 7) is 1.89. The number of ether oxygens (including phenoxy) is 1. The van der Waals surface area contributed by atoms with Crippen LogP contribution in [0.2, 0.25) is 5.02 Å². The first-order valence-electron chi connectivity index (χ1n) is 6.40. The molecular weight excluding hydrogens is 359 g/mol. The Balaban J connectivity index is 2.05. The van der Waals surface area contributed by atoms with E-state index in [1.165, 1.54) is 6.07 Å². The van der Waals surface area contributed by atoms with Crippen LogP contribution in [0.3, 0.4) is 0 Å². The lowest BCUT2D eigenvalue weighted by atomic mass is 10.1. The summed E-state index contributed by atoms with van der Waals surface area (Å²) in [6.07, 6.45) is 0.919. The van der Waals surface area contributed by atoms with Crippen molar-refractivity contribution in [2.75, 3.05) is 6.61 Å². The molecule has 0 amide bonds. The second-order valence-corrected chi connectivity index (χ2v) is 5.72. The molecule has 0 aromatic heterocycles. The van der Waals surface area contributed by atoms with Crippen LogP contribution in [0.25, 0.3) is 0 Å². The minimum atomic E-state index is -0.588. The highest BCUT2D eigenvalue weighted by atomic mass is 79.9. The SMILES string of the molecule is CCc1ccc(C(=O)COc2cc(F)c(Cl)cc2Br)cc1. The van der Waals surface area contributed by atoms with Crippen molar-refractivity contribution >= 4 is 33.3 Å². The number of benzene rings is 2. The quantitative estimate of drug-likeness (QED) is 0.542. The molecule has 0 heterocycles. The number of ketones is 1. The fourth-order valence-electron chi connectivity index (χ4n) is 1.77. The average molecular weight is 372 g/mol. The van der Waals surface area contributed by atoms with Crippen molar-refractivity contribution in [2.24, 2.45) is 0 Å². The third-order valence-corrected chi connectivity index (χ3v) is 3.93. The molecule has 0 N–H and O–H groups in total. The summed E-state index contributed by atoms with van der Waals surface area (Å²) in [4.78, 5) is 12.0. The van der Waals surface area contributed by atoms with E-state index in [1.807, 2.05) is 19.1 Å². The van der Waals surface area contributed by atoms with E-state index in [2.05, 4.69) is 15.9 Å². The van der Waals surface area contributed by atoms with Crippen LogP contribution in [0.4, 0.5) is 4.39 Å². The van der Waals surface area contributed by atoms with Gasteiger partial charge in [-0.05, 0) is 34.0 Å². The molecule has 2 aromatic rings. The van der Waals surface area contributed by atoms with E-state index < -0.39 is 5.82 Å². The molecule has 2 nitrogen and oxygen atoms in total. The number of halogens is 3. The molecule has 21 heavy (non-hydrogen) atoms. The van der Waals surface area contributed by atoms with E-state index in [9.17, 15) is 9.18 Å². The average Bonchev–Trinajstić information content (AvgIpc) is 2.49. The molecule has 0 aliphatic carbocycles. The van der Waals surface area contributed by atoms with Gasteiger partial charge >= 0.3 is 0 Å². The summed E-state index contributed by atoms with van der Waals surface area (Å²) in [5, 5.41) is -0.00398. The third-order valence-electron chi connectivity index (χ3n) is 3.02. The minimum absolute atomic E-state index is 0.00398. The van der Waals surface area contributed by atoms with Crippen LogP contribution >= 0.6 is 27.5 Å². The summed E-state index contributed by atoms with van der Waals surface area (Å²) in [5.74, 6) is -0.509. The smallest absolute Gasteiger partial charge is 0.200 e. The van der Waals surface area contributed by atoms with Crippen LogP contribution in [0.5, 0.6) is 5.75 Å². The number of Topliss-reactive ketones (excluding diaryl/α,β-unsaturated/α-hetero) is 1. The standard InChI is InChI=1S/C16H13BrClFO2/c1-2-10-3-5-11(6-4-10)15(20)9-21-16-8-14(19)13(18)7-12(16)17/h3-8H,2,9H2,1H3. The largest absolute Gasteiger partial charge is 0.484 e. The molecule has 5 heteroatoms. The number of rotatable bonds is 5. The van der Waals surface area contributed by atoms with Gasteiger partial charge in [-0.25, -0.2) is 4.39 Å². The van der Waals surface area contributed by atoms with Gasteiger partial charge in [0, 0.05) is 11.6 Å². The Labute approximate surface area is 136 Å². The molecule has 0 saturated carbocycles. The highest BCUT2D eigenvalue weighted by Crippen LogP contribution is 2.30. The zero-order valence-corrected chi connectivity index (χ0v) is 13.7. The lowest BCUT2D eigenvalue weighted by Crippen LogP contribution is -2.12. The zero-order chi connectivity index (χ0) is 15.4. The maximum atomic E-state index is 13.4. The van der Waals surface area contributed by atoms with Gasteiger partial charge in [0.2, 0.25) is 0 Å². The van der Waals surface area contributed by atoms with Crippen molar-refractivity contribution in [1.29, 1.82) is 0 Å². The third kappa shape index (κ3) is 4.05. The molecule has 0 radical (unpaired) electrons. The Bertz CT molecular complexity index is 656. The summed E-state index contributed by atoms with van der Waals surface area (Å²) in [5.41, 5.74) is 1.73. The zero-order valence-electron chi connectivity index (χ0n) is 11.3. The number of carbonyl (C=O) groups excluding carboxylic acids is 1. The first kappa shape index (κ1) is 16.0. The van der Waals surface area contributed by atoms with Crippen LogP contribution in [-0.4, -0.2) is 12.4 Å². The van der Waals surface area contributed by atoms with Crippen LogP contribution < -0.4 is 4.74 Å². The van der Waals surface area contributed by atoms with Gasteiger partial charge in [0.15, 0.2) is 12.4 Å². The molecule has 0 aliphatic rings. The predicted octanol–water partition coefficient (Wildman–Crippen LogP) is 5.07. The Morgan fingerprint density at radius 2 is 1.95 bits per heavy atom. The predicted molar refractivity (Wildman–Crippen MR) is 84.8 cm³/mol. The van der Waals surface area contributed by atoms with Gasteiger partial charge in [0.05, 0.1) is 9.50 Å². The van der Waals surface area contributed by atoms with Crippen LogP contribution in [0.15, 0.2) is 40.9 Å². The van der Waals surface area contributed by atoms with Gasteiger partial charge in [-0.3, -0.25) is 4.79 Å². The van der Waals surface area contributed by atoms with E-state index in [0.29, 0.717) is 10.0 Å². The van der Waals surface area contributed by atoms with Crippen molar-refractivity contribution < 1.29 is 13.9 Å². The maximum Gasteiger partial charge on any atom is 0.200 e. The van der Waals surface area contributed by atoms with E-state index in [4.69, 9.17) is 16.3 Å². The van der Waals surface area contributed by atoms with Crippen molar-refractivity contribution in [3.8, 4) is 5.75 Å². The first-order chi connectivity index (χ1) is 10.0. The Morgan fingerprint density at radius 1 is 1.29 bits per heavy atom. The fraction of sp³-hybridized carbons (Fsp3) is 0.188. The number of hydrogen-bond donors (Lipinski definition) is 0. The van der Waals surface area contributed by atoms with Crippen molar-refractivity contribution in [1.82, 2.24) is 0 Å². The molecule has 2 aromatic carbocycles. The molecular formula is C16H13BrClFO2. The summed E-state index contributed by atoms with van der Waals surface area (Å²) >= 11 is 8.86. The van der Waals surface area contributed by atoms with Crippen molar-refractivity contribution in [3.05, 3.63) is 62.8 Å². The highest BCUT2D eigenvalue weighted by Gasteiger charge is 2.11. The second kappa shape index (κ2) is 7.05. The monoisotopic (exact) mass is 370 g/mol. The van der Waals surface area contributed by atoms with Crippen molar-refractivity contribution in [2.45, 2.75) is 13.3 Å². The minimum Gasteiger partial charge on any atom is -0.484 e. The number of carbonyl (C=O) groups is 1. The molecule has 0 aliphatic heterocycles. The molecule has 110 valence electrons. The number of aryl methyl sites for hydroxylation is 1. The Kier molecular flexibility index (Phi) is 5.37. The number of hydrogen-bond acceptors (Lipinski definition) is 2. The van der Waals surface area contributed by atoms with E-state index in [-0.39, 0.29) is 23.2 Å². The Hall–Kier alpha value is -1.39. The van der Waals surface area contributed by atoms with Crippen molar-refractivity contribution in [3.63, 3.8) is 0 Å². The highest BCUT2D eigenvalue weighted by molar-refractivity contribution is 9.10. The van der Waals surface area contributed by atoms with Gasteiger partial charge in [-0.15, -0.1) is 0 Å². The molecule has 0 atom stereocenters. The van der Waals surface area contributed by atoms with E-state index in [0.717, 1.165) is 18.1 Å². The molecule has 0 fully saturated rings. The topological polar surface area (TPSA) is 26.3 Å². The lowest BCUT2D eigenvalue weighted by molar-refractivity contribution is 0.0920. The molecule has 0 saturated heterocycles. The van der Waals surface area contributed by atoms with E-state index >= 15 is 0 Å². The van der Waals surface area contributed by atoms with Gasteiger partial charge in [-0.1, -0.05) is 42.8 Å². The van der Waals surface area contributed by atoms with Gasteiger partial charge in [0.25, 0.3) is 0 Å². The molecule has 0 spiro atoms. The fourth-order valence-corrected chi connectivity index (χ4v) is 2.52. The summed E-state index contributed by atoms with van der Waals surface area (Å²) < 4.78 is 19.2. The van der Waals surface area contributed by atoms with Crippen LogP contribution in [-0.2, 0) is 6.42 Å². The molecule has 0 bridgehead atoms. The lowest BCUT2D eigenvalue weighted by Gasteiger charge is -2.09. The van der Waals surface area contributed by atoms with Gasteiger partial charge in [0.1, 0.15) is 11.6 Å². The first-order valence-corrected chi connectivity index (χ1v) is 7.58. The normalized spacial score (nSPS) is 10.5. The second-order valence-electron chi connectivity index (χ2n) is 4.46. The molecule has 2 rings (SSSR count). The van der Waals surface area contributed by atoms with Crippen LogP contribution in [0, 0.1) is 5.82 Å². The van der Waals surface area contributed by atoms with E-state index in [1.54, 1.807) is 12.1 Å². The van der Waals surface area contributed by atoms with Gasteiger partial charge in [-0.2, -0.15) is 0 Å². The van der Waals surface area contributed by atoms with Crippen LogP contribution in [0.1, 0.15) is 22.8 Å². The maximum absolute atomic E-state index is 13.4. The molecule has 0 unspecified atom stereocenters. The summed E-state index contributed by atoms with van der Waals surface area (Å²) in [6, 6.07) is 9.90. The Morgan fingerprint density at radius 3 is 2.57 bits per heavy atom. The van der Waals surface area contributed by atoms with Gasteiger partial charge < -0.3 is 4.74 Å².